The molecular weight excluding hydrogens is 512 g/mol. The van der Waals surface area contributed by atoms with Gasteiger partial charge in [0.15, 0.2) is 0 Å². The first kappa shape index (κ1) is 33.5. The highest BCUT2D eigenvalue weighted by atomic mass is 32.2. The van der Waals surface area contributed by atoms with E-state index in [2.05, 4.69) is 13.8 Å². The Balaban J connectivity index is 1.73. The van der Waals surface area contributed by atoms with Crippen LogP contribution in [0.4, 0.5) is 0 Å². The van der Waals surface area contributed by atoms with Gasteiger partial charge in [-0.1, -0.05) is 75.9 Å². The monoisotopic (exact) mass is 562 g/mol. The average molecular weight is 563 g/mol. The van der Waals surface area contributed by atoms with E-state index >= 15 is 0 Å². The van der Waals surface area contributed by atoms with Crippen molar-refractivity contribution < 1.29 is 29.3 Å². The zero-order valence-corrected chi connectivity index (χ0v) is 25.0. The van der Waals surface area contributed by atoms with Gasteiger partial charge in [-0.2, -0.15) is 11.8 Å². The first-order valence-corrected chi connectivity index (χ1v) is 15.9. The molecule has 1 aromatic rings. The number of methoxy groups -OCH3 is 1. The summed E-state index contributed by atoms with van der Waals surface area (Å²) >= 11 is 1.74. The lowest BCUT2D eigenvalue weighted by atomic mass is 9.91. The maximum absolute atomic E-state index is 12.6. The van der Waals surface area contributed by atoms with E-state index in [-0.39, 0.29) is 36.1 Å². The number of Topliss-reactive ketones (excluding diaryl/α,β-unsaturated/α-hetero) is 1. The van der Waals surface area contributed by atoms with Gasteiger partial charge in [-0.3, -0.25) is 9.59 Å². The summed E-state index contributed by atoms with van der Waals surface area (Å²) < 4.78 is 10.9. The van der Waals surface area contributed by atoms with Crippen molar-refractivity contribution in [1.82, 2.24) is 0 Å². The first-order chi connectivity index (χ1) is 18.9. The number of aliphatic hydroxyl groups excluding tert-OH is 2. The van der Waals surface area contributed by atoms with Crippen LogP contribution < -0.4 is 0 Å². The lowest BCUT2D eigenvalue weighted by Gasteiger charge is -2.18. The summed E-state index contributed by atoms with van der Waals surface area (Å²) in [6, 6.07) is 7.93. The molecule has 0 unspecified atom stereocenters. The number of unbranched alkanes of at least 4 members (excludes halogenated alkanes) is 2. The van der Waals surface area contributed by atoms with E-state index in [1.807, 2.05) is 30.3 Å². The van der Waals surface area contributed by atoms with Crippen LogP contribution in [0.1, 0.15) is 89.2 Å². The molecule has 0 spiro atoms. The van der Waals surface area contributed by atoms with Gasteiger partial charge in [-0.25, -0.2) is 0 Å². The molecule has 1 saturated carbocycles. The van der Waals surface area contributed by atoms with Crippen LogP contribution in [-0.4, -0.2) is 58.9 Å². The number of esters is 1. The zero-order valence-electron chi connectivity index (χ0n) is 24.2. The van der Waals surface area contributed by atoms with Crippen LogP contribution >= 0.6 is 11.8 Å². The fraction of sp³-hybridized carbons (Fsp3) is 0.688. The van der Waals surface area contributed by atoms with Gasteiger partial charge in [0.25, 0.3) is 0 Å². The van der Waals surface area contributed by atoms with Crippen molar-refractivity contribution in [1.29, 1.82) is 0 Å². The lowest BCUT2D eigenvalue weighted by molar-refractivity contribution is -0.149. The Hall–Kier alpha value is -1.67. The summed E-state index contributed by atoms with van der Waals surface area (Å²) in [4.78, 5) is 24.8. The number of thioether (sulfide) groups is 1. The number of benzene rings is 1. The number of hydrogen-bond donors (Lipinski definition) is 2. The Morgan fingerprint density at radius 1 is 1.13 bits per heavy atom. The normalized spacial score (nSPS) is 20.3. The minimum atomic E-state index is -0.705. The van der Waals surface area contributed by atoms with Gasteiger partial charge >= 0.3 is 5.97 Å². The summed E-state index contributed by atoms with van der Waals surface area (Å²) in [6.07, 6.45) is 11.0. The van der Waals surface area contributed by atoms with Crippen molar-refractivity contribution in [2.75, 3.05) is 18.6 Å². The Kier molecular flexibility index (Phi) is 16.7. The number of hydrogen-bond acceptors (Lipinski definition) is 7. The van der Waals surface area contributed by atoms with Crippen molar-refractivity contribution in [2.45, 2.75) is 109 Å². The predicted molar refractivity (Wildman–Crippen MR) is 159 cm³/mol. The van der Waals surface area contributed by atoms with Gasteiger partial charge in [0.2, 0.25) is 0 Å². The molecule has 0 aromatic heterocycles. The Morgan fingerprint density at radius 2 is 1.85 bits per heavy atom. The fourth-order valence-electron chi connectivity index (χ4n) is 5.17. The molecule has 0 bridgehead atoms. The first-order valence-electron chi connectivity index (χ1n) is 14.8. The highest BCUT2D eigenvalue weighted by Gasteiger charge is 2.39. The lowest BCUT2D eigenvalue weighted by Crippen LogP contribution is -2.20. The van der Waals surface area contributed by atoms with Crippen LogP contribution in [0.5, 0.6) is 0 Å². The van der Waals surface area contributed by atoms with E-state index in [4.69, 9.17) is 9.47 Å². The number of carbonyl (C=O) groups is 2. The molecule has 0 saturated heterocycles. The van der Waals surface area contributed by atoms with Crippen LogP contribution in [-0.2, 0) is 32.1 Å². The molecule has 0 amide bonds. The SMILES string of the molecule is CCCCC(CCCC)OC(=O)CCCSCC[C@H]1C(=O)C[C@@H](O)[C@@H]1/C=C/[C@@H](O)Cc1cccc(COC)c1. The van der Waals surface area contributed by atoms with Gasteiger partial charge in [-0.05, 0) is 48.3 Å². The largest absolute Gasteiger partial charge is 0.462 e. The zero-order chi connectivity index (χ0) is 28.5. The molecule has 1 aromatic carbocycles. The topological polar surface area (TPSA) is 93.1 Å². The van der Waals surface area contributed by atoms with E-state index in [0.29, 0.717) is 25.9 Å². The van der Waals surface area contributed by atoms with Crippen molar-refractivity contribution >= 4 is 23.5 Å². The minimum Gasteiger partial charge on any atom is -0.462 e. The van der Waals surface area contributed by atoms with Crippen molar-refractivity contribution in [2.24, 2.45) is 11.8 Å². The number of ketones is 1. The highest BCUT2D eigenvalue weighted by Crippen LogP contribution is 2.34. The molecule has 6 nitrogen and oxygen atoms in total. The summed E-state index contributed by atoms with van der Waals surface area (Å²) in [5, 5.41) is 21.0. The molecule has 0 radical (unpaired) electrons. The number of ether oxygens (including phenoxy) is 2. The third kappa shape index (κ3) is 13.0. The van der Waals surface area contributed by atoms with Gasteiger partial charge in [0, 0.05) is 38.2 Å². The smallest absolute Gasteiger partial charge is 0.306 e. The maximum Gasteiger partial charge on any atom is 0.306 e. The van der Waals surface area contributed by atoms with Crippen molar-refractivity contribution in [3.63, 3.8) is 0 Å². The van der Waals surface area contributed by atoms with E-state index in [0.717, 1.165) is 67.6 Å². The van der Waals surface area contributed by atoms with Crippen LogP contribution in [0.25, 0.3) is 0 Å². The van der Waals surface area contributed by atoms with Gasteiger partial charge in [0.05, 0.1) is 18.8 Å². The molecule has 7 heteroatoms. The fourth-order valence-corrected chi connectivity index (χ4v) is 6.15. The molecule has 39 heavy (non-hydrogen) atoms. The standard InChI is InChI=1S/C32H50O6S/c1-4-6-12-27(13-7-5-2)38-32(36)14-9-18-39-19-17-29-28(30(34)22-31(29)35)16-15-26(33)21-24-10-8-11-25(20-24)23-37-3/h8,10-11,15-16,20,26-30,33-34H,4-7,9,12-14,17-19,21-23H2,1-3H3/b16-15+/t26-,28-,29-,30-/m1/s1. The molecule has 1 aliphatic rings. The molecule has 0 heterocycles. The Labute approximate surface area is 239 Å². The summed E-state index contributed by atoms with van der Waals surface area (Å²) in [6.45, 7) is 4.84. The van der Waals surface area contributed by atoms with Crippen LogP contribution in [0, 0.1) is 11.8 Å². The molecule has 2 N–H and O–H groups in total. The third-order valence-electron chi connectivity index (χ3n) is 7.34. The van der Waals surface area contributed by atoms with E-state index in [1.165, 1.54) is 0 Å². The molecule has 1 aliphatic carbocycles. The predicted octanol–water partition coefficient (Wildman–Crippen LogP) is 6.05. The minimum absolute atomic E-state index is 0.0502. The van der Waals surface area contributed by atoms with Crippen molar-refractivity contribution in [3.05, 3.63) is 47.5 Å². The number of carbonyl (C=O) groups excluding carboxylic acids is 2. The second kappa shape index (κ2) is 19.4. The second-order valence-electron chi connectivity index (χ2n) is 10.7. The second-order valence-corrected chi connectivity index (χ2v) is 12.0. The van der Waals surface area contributed by atoms with Gasteiger partial charge < -0.3 is 19.7 Å². The van der Waals surface area contributed by atoms with Crippen molar-refractivity contribution in [3.8, 4) is 0 Å². The molecule has 4 atom stereocenters. The molecule has 220 valence electrons. The molecular formula is C32H50O6S. The summed E-state index contributed by atoms with van der Waals surface area (Å²) in [5.74, 6) is 1.13. The molecule has 2 rings (SSSR count). The molecule has 1 fully saturated rings. The Bertz CT molecular complexity index is 864. The van der Waals surface area contributed by atoms with Crippen LogP contribution in [0.3, 0.4) is 0 Å². The maximum atomic E-state index is 12.6. The van der Waals surface area contributed by atoms with E-state index in [1.54, 1.807) is 24.9 Å². The van der Waals surface area contributed by atoms with E-state index < -0.39 is 12.2 Å². The summed E-state index contributed by atoms with van der Waals surface area (Å²) in [5.41, 5.74) is 2.07. The number of rotatable bonds is 20. The van der Waals surface area contributed by atoms with E-state index in [9.17, 15) is 19.8 Å². The average Bonchev–Trinajstić information content (AvgIpc) is 3.18. The highest BCUT2D eigenvalue weighted by molar-refractivity contribution is 7.99. The van der Waals surface area contributed by atoms with Gasteiger partial charge in [0.1, 0.15) is 11.9 Å². The third-order valence-corrected chi connectivity index (χ3v) is 8.44. The number of aliphatic hydroxyl groups is 2. The molecule has 0 aliphatic heterocycles. The van der Waals surface area contributed by atoms with Crippen LogP contribution in [0.15, 0.2) is 36.4 Å². The summed E-state index contributed by atoms with van der Waals surface area (Å²) in [7, 11) is 1.66. The Morgan fingerprint density at radius 3 is 2.54 bits per heavy atom. The quantitative estimate of drug-likeness (QED) is 0.113. The van der Waals surface area contributed by atoms with Crippen LogP contribution in [0.2, 0.25) is 0 Å². The van der Waals surface area contributed by atoms with Gasteiger partial charge in [-0.15, -0.1) is 0 Å².